The van der Waals surface area contributed by atoms with Gasteiger partial charge in [-0.1, -0.05) is 15.9 Å². The first kappa shape index (κ1) is 13.0. The van der Waals surface area contributed by atoms with Gasteiger partial charge in [0.1, 0.15) is 0 Å². The minimum atomic E-state index is -2.93. The van der Waals surface area contributed by atoms with Gasteiger partial charge < -0.3 is 5.11 Å². The number of rotatable bonds is 4. The van der Waals surface area contributed by atoms with Crippen LogP contribution in [0.2, 0.25) is 0 Å². The lowest BCUT2D eigenvalue weighted by Crippen LogP contribution is -2.09. The monoisotopic (exact) mass is 297 g/mol. The minimum Gasteiger partial charge on any atom is -0.481 e. The highest BCUT2D eigenvalue weighted by Crippen LogP contribution is 2.26. The molecule has 0 aliphatic heterocycles. The molecule has 7 heteroatoms. The smallest absolute Gasteiger partial charge is 0.308 e. The van der Waals surface area contributed by atoms with Crippen molar-refractivity contribution >= 4 is 21.9 Å². The highest BCUT2D eigenvalue weighted by Gasteiger charge is 2.21. The van der Waals surface area contributed by atoms with Crippen molar-refractivity contribution < 1.29 is 23.1 Å². The number of alkyl halides is 3. The summed E-state index contributed by atoms with van der Waals surface area (Å²) in [5.74, 6) is -2.54. The van der Waals surface area contributed by atoms with Crippen molar-refractivity contribution in [2.45, 2.75) is 18.2 Å². The van der Waals surface area contributed by atoms with Crippen molar-refractivity contribution in [3.05, 3.63) is 28.8 Å². The van der Waals surface area contributed by atoms with E-state index in [1.54, 1.807) is 0 Å². The predicted molar refractivity (Wildman–Crippen MR) is 53.1 cm³/mol. The molecule has 0 radical (unpaired) electrons. The summed E-state index contributed by atoms with van der Waals surface area (Å²) in [5, 5.41) is 8.60. The van der Waals surface area contributed by atoms with Crippen LogP contribution < -0.4 is 0 Å². The van der Waals surface area contributed by atoms with Crippen LogP contribution in [-0.2, 0) is 16.5 Å². The molecule has 1 aromatic heterocycles. The van der Waals surface area contributed by atoms with Gasteiger partial charge in [0.15, 0.2) is 0 Å². The Morgan fingerprint density at radius 3 is 2.62 bits per heavy atom. The van der Waals surface area contributed by atoms with Crippen LogP contribution in [0.4, 0.5) is 13.2 Å². The Labute approximate surface area is 97.4 Å². The Hall–Kier alpha value is -1.11. The van der Waals surface area contributed by atoms with Crippen LogP contribution in [0.1, 0.15) is 23.2 Å². The van der Waals surface area contributed by atoms with Crippen LogP contribution in [0, 0.1) is 5.95 Å². The molecule has 0 bridgehead atoms. The number of carboxylic acid groups (broad SMARTS) is 1. The quantitative estimate of drug-likeness (QED) is 0.687. The molecule has 1 N–H and O–H groups in total. The second kappa shape index (κ2) is 5.29. The van der Waals surface area contributed by atoms with E-state index in [9.17, 15) is 18.0 Å². The zero-order valence-electron chi connectivity index (χ0n) is 7.88. The van der Waals surface area contributed by atoms with Gasteiger partial charge in [-0.25, -0.2) is 13.8 Å². The summed E-state index contributed by atoms with van der Waals surface area (Å²) in [7, 11) is 0. The molecule has 0 spiro atoms. The van der Waals surface area contributed by atoms with Crippen molar-refractivity contribution in [1.82, 2.24) is 4.98 Å². The molecule has 0 atom stereocenters. The molecule has 0 unspecified atom stereocenters. The number of carboxylic acids is 1. The molecule has 0 aliphatic carbocycles. The van der Waals surface area contributed by atoms with E-state index in [1.807, 2.05) is 0 Å². The van der Waals surface area contributed by atoms with E-state index in [0.717, 1.165) is 6.07 Å². The zero-order chi connectivity index (χ0) is 12.3. The molecule has 0 fully saturated rings. The molecule has 0 saturated carbocycles. The first-order valence-electron chi connectivity index (χ1n) is 4.19. The lowest BCUT2D eigenvalue weighted by Gasteiger charge is -2.09. The van der Waals surface area contributed by atoms with Gasteiger partial charge in [-0.3, -0.25) is 4.79 Å². The molecule has 0 aliphatic rings. The third kappa shape index (κ3) is 2.94. The first-order chi connectivity index (χ1) is 7.45. The highest BCUT2D eigenvalue weighted by molar-refractivity contribution is 9.08. The molecule has 1 aromatic rings. The number of hydrogen-bond acceptors (Lipinski definition) is 2. The van der Waals surface area contributed by atoms with E-state index in [1.165, 1.54) is 0 Å². The van der Waals surface area contributed by atoms with Gasteiger partial charge in [0.2, 0.25) is 5.95 Å². The number of carbonyl (C=O) groups is 1. The van der Waals surface area contributed by atoms with Gasteiger partial charge in [0, 0.05) is 16.5 Å². The Kier molecular flexibility index (Phi) is 4.28. The number of hydrogen-bond donors (Lipinski definition) is 1. The van der Waals surface area contributed by atoms with E-state index >= 15 is 0 Å². The molecule has 3 nitrogen and oxygen atoms in total. The van der Waals surface area contributed by atoms with Crippen molar-refractivity contribution in [3.8, 4) is 0 Å². The first-order valence-corrected chi connectivity index (χ1v) is 5.32. The average molecular weight is 298 g/mol. The second-order valence-electron chi connectivity index (χ2n) is 2.98. The van der Waals surface area contributed by atoms with Crippen LogP contribution in [0.25, 0.3) is 0 Å². The van der Waals surface area contributed by atoms with Gasteiger partial charge >= 0.3 is 5.97 Å². The molecule has 0 saturated heterocycles. The number of aromatic nitrogens is 1. The number of nitrogens with zero attached hydrogens (tertiary/aromatic N) is 1. The molecule has 88 valence electrons. The summed E-state index contributed by atoms with van der Waals surface area (Å²) in [4.78, 5) is 13.8. The second-order valence-corrected chi connectivity index (χ2v) is 3.54. The van der Waals surface area contributed by atoms with Gasteiger partial charge in [0.05, 0.1) is 12.1 Å². The van der Waals surface area contributed by atoms with Crippen LogP contribution in [0.15, 0.2) is 6.07 Å². The van der Waals surface area contributed by atoms with Crippen LogP contribution in [0.5, 0.6) is 0 Å². The van der Waals surface area contributed by atoms with Crippen molar-refractivity contribution in [2.24, 2.45) is 0 Å². The number of aliphatic carboxylic acids is 1. The zero-order valence-corrected chi connectivity index (χ0v) is 9.47. The maximum absolute atomic E-state index is 13.3. The van der Waals surface area contributed by atoms with Gasteiger partial charge in [-0.05, 0) is 6.07 Å². The predicted octanol–water partition coefficient (Wildman–Crippen LogP) is 2.68. The number of pyridine rings is 1. The molecular weight excluding hydrogens is 291 g/mol. The van der Waals surface area contributed by atoms with E-state index < -0.39 is 35.9 Å². The van der Waals surface area contributed by atoms with Crippen LogP contribution in [-0.4, -0.2) is 16.1 Å². The van der Waals surface area contributed by atoms with E-state index in [4.69, 9.17) is 5.11 Å². The normalized spacial score (nSPS) is 10.8. The van der Waals surface area contributed by atoms with E-state index in [2.05, 4.69) is 20.9 Å². The maximum atomic E-state index is 13.3. The standard InChI is InChI=1S/C9H7BrF3NO2/c10-3-4-1-5(8(11)12)6(2-7(15)16)9(13)14-4/h1,8H,2-3H2,(H,15,16). The van der Waals surface area contributed by atoms with Crippen LogP contribution in [0.3, 0.4) is 0 Å². The van der Waals surface area contributed by atoms with Crippen molar-refractivity contribution in [3.63, 3.8) is 0 Å². The Morgan fingerprint density at radius 2 is 2.19 bits per heavy atom. The maximum Gasteiger partial charge on any atom is 0.308 e. The number of halogens is 4. The molecule has 1 heterocycles. The SMILES string of the molecule is O=C(O)Cc1c(C(F)F)cc(CBr)nc1F. The fraction of sp³-hybridized carbons (Fsp3) is 0.333. The molecular formula is C9H7BrF3NO2. The fourth-order valence-electron chi connectivity index (χ4n) is 1.20. The summed E-state index contributed by atoms with van der Waals surface area (Å²) in [6.07, 6.45) is -3.73. The topological polar surface area (TPSA) is 50.2 Å². The average Bonchev–Trinajstić information content (AvgIpc) is 2.19. The fourth-order valence-corrected chi connectivity index (χ4v) is 1.49. The summed E-state index contributed by atoms with van der Waals surface area (Å²) in [6.45, 7) is 0. The third-order valence-corrected chi connectivity index (χ3v) is 2.44. The summed E-state index contributed by atoms with van der Waals surface area (Å²) >= 11 is 2.96. The highest BCUT2D eigenvalue weighted by atomic mass is 79.9. The van der Waals surface area contributed by atoms with Gasteiger partial charge in [-0.15, -0.1) is 0 Å². The minimum absolute atomic E-state index is 0.0990. The summed E-state index contributed by atoms with van der Waals surface area (Å²) < 4.78 is 38.4. The Morgan fingerprint density at radius 1 is 1.56 bits per heavy atom. The summed E-state index contributed by atoms with van der Waals surface area (Å²) in [6, 6.07) is 1.00. The lowest BCUT2D eigenvalue weighted by molar-refractivity contribution is -0.136. The molecule has 16 heavy (non-hydrogen) atoms. The van der Waals surface area contributed by atoms with Crippen LogP contribution >= 0.6 is 15.9 Å². The van der Waals surface area contributed by atoms with E-state index in [0.29, 0.717) is 0 Å². The Balaban J connectivity index is 3.27. The lowest BCUT2D eigenvalue weighted by atomic mass is 10.1. The summed E-state index contributed by atoms with van der Waals surface area (Å²) in [5.41, 5.74) is -1.08. The van der Waals surface area contributed by atoms with Gasteiger partial charge in [-0.2, -0.15) is 4.39 Å². The van der Waals surface area contributed by atoms with Crippen molar-refractivity contribution in [1.29, 1.82) is 0 Å². The largest absolute Gasteiger partial charge is 0.481 e. The molecule has 0 aromatic carbocycles. The molecule has 0 amide bonds. The van der Waals surface area contributed by atoms with Gasteiger partial charge in [0.25, 0.3) is 6.43 Å². The third-order valence-electron chi connectivity index (χ3n) is 1.86. The van der Waals surface area contributed by atoms with E-state index in [-0.39, 0.29) is 11.0 Å². The van der Waals surface area contributed by atoms with Crippen molar-refractivity contribution in [2.75, 3.05) is 0 Å². The Bertz CT molecular complexity index is 412. The molecule has 1 rings (SSSR count).